The molecule has 0 heterocycles. The third kappa shape index (κ3) is 5.35. The SMILES string of the molecule is CC(C)(C)c1ccc(N(c2ccc(C(C)(C)C)cc2)c2cc(F)cc(B(O)O)c2)cc1. The molecule has 0 atom stereocenters. The van der Waals surface area contributed by atoms with Gasteiger partial charge in [0.1, 0.15) is 5.82 Å². The highest BCUT2D eigenvalue weighted by Gasteiger charge is 2.21. The lowest BCUT2D eigenvalue weighted by molar-refractivity contribution is 0.425. The van der Waals surface area contributed by atoms with Crippen LogP contribution < -0.4 is 10.4 Å². The molecule has 0 aliphatic carbocycles. The Kier molecular flexibility index (Phi) is 6.31. The second-order valence-corrected chi connectivity index (χ2v) is 10.0. The van der Waals surface area contributed by atoms with E-state index in [1.54, 1.807) is 6.07 Å². The fourth-order valence-electron chi connectivity index (χ4n) is 3.54. The maximum Gasteiger partial charge on any atom is 0.488 e. The van der Waals surface area contributed by atoms with Crippen LogP contribution in [0.25, 0.3) is 0 Å². The van der Waals surface area contributed by atoms with Crippen molar-refractivity contribution in [2.75, 3.05) is 4.90 Å². The lowest BCUT2D eigenvalue weighted by Gasteiger charge is -2.28. The van der Waals surface area contributed by atoms with Gasteiger partial charge in [0, 0.05) is 17.1 Å². The topological polar surface area (TPSA) is 43.7 Å². The zero-order valence-electron chi connectivity index (χ0n) is 19.1. The Hall–Kier alpha value is -2.63. The summed E-state index contributed by atoms with van der Waals surface area (Å²) in [4.78, 5) is 1.92. The Bertz CT molecular complexity index is 975. The van der Waals surface area contributed by atoms with E-state index in [0.717, 1.165) is 17.4 Å². The van der Waals surface area contributed by atoms with Crippen LogP contribution in [-0.2, 0) is 10.8 Å². The van der Waals surface area contributed by atoms with Crippen molar-refractivity contribution < 1.29 is 14.4 Å². The molecular weight excluding hydrogens is 388 g/mol. The van der Waals surface area contributed by atoms with Crippen LogP contribution in [0, 0.1) is 5.82 Å². The second kappa shape index (κ2) is 8.48. The number of hydrogen-bond donors (Lipinski definition) is 2. The number of rotatable bonds is 4. The zero-order chi connectivity index (χ0) is 23.0. The van der Waals surface area contributed by atoms with Crippen LogP contribution >= 0.6 is 0 Å². The van der Waals surface area contributed by atoms with Crippen molar-refractivity contribution in [2.24, 2.45) is 0 Å². The molecule has 0 bridgehead atoms. The first-order valence-electron chi connectivity index (χ1n) is 10.5. The molecule has 3 nitrogen and oxygen atoms in total. The normalized spacial score (nSPS) is 12.0. The van der Waals surface area contributed by atoms with Crippen molar-refractivity contribution in [3.63, 3.8) is 0 Å². The van der Waals surface area contributed by atoms with Crippen molar-refractivity contribution in [1.82, 2.24) is 0 Å². The van der Waals surface area contributed by atoms with Gasteiger partial charge in [-0.3, -0.25) is 0 Å². The quantitative estimate of drug-likeness (QED) is 0.544. The number of anilines is 3. The van der Waals surface area contributed by atoms with Crippen LogP contribution in [0.5, 0.6) is 0 Å². The van der Waals surface area contributed by atoms with Crippen molar-refractivity contribution in [3.8, 4) is 0 Å². The van der Waals surface area contributed by atoms with Gasteiger partial charge in [-0.05, 0) is 69.9 Å². The highest BCUT2D eigenvalue weighted by Crippen LogP contribution is 2.36. The van der Waals surface area contributed by atoms with Gasteiger partial charge in [-0.2, -0.15) is 0 Å². The Morgan fingerprint density at radius 2 is 1.06 bits per heavy atom. The predicted molar refractivity (Wildman–Crippen MR) is 128 cm³/mol. The van der Waals surface area contributed by atoms with Gasteiger partial charge in [-0.1, -0.05) is 65.8 Å². The van der Waals surface area contributed by atoms with E-state index >= 15 is 0 Å². The maximum absolute atomic E-state index is 14.4. The maximum atomic E-state index is 14.4. The molecule has 0 aromatic heterocycles. The van der Waals surface area contributed by atoms with Crippen molar-refractivity contribution >= 4 is 29.6 Å². The highest BCUT2D eigenvalue weighted by molar-refractivity contribution is 6.58. The van der Waals surface area contributed by atoms with E-state index in [2.05, 4.69) is 65.8 Å². The summed E-state index contributed by atoms with van der Waals surface area (Å²) in [6.45, 7) is 13.0. The minimum atomic E-state index is -1.75. The molecule has 0 saturated heterocycles. The molecule has 0 unspecified atom stereocenters. The second-order valence-electron chi connectivity index (χ2n) is 10.0. The van der Waals surface area contributed by atoms with Crippen LogP contribution in [0.15, 0.2) is 66.7 Å². The predicted octanol–water partition coefficient (Wildman–Crippen LogP) is 5.57. The molecule has 0 aliphatic heterocycles. The van der Waals surface area contributed by atoms with Crippen LogP contribution in [0.3, 0.4) is 0 Å². The molecule has 0 amide bonds. The molecule has 31 heavy (non-hydrogen) atoms. The number of nitrogens with zero attached hydrogens (tertiary/aromatic N) is 1. The lowest BCUT2D eigenvalue weighted by Crippen LogP contribution is -2.30. The van der Waals surface area contributed by atoms with E-state index in [1.807, 2.05) is 29.2 Å². The summed E-state index contributed by atoms with van der Waals surface area (Å²) >= 11 is 0. The van der Waals surface area contributed by atoms with E-state index in [9.17, 15) is 14.4 Å². The standard InChI is InChI=1S/C26H31BFNO2/c1-25(2,3)18-7-11-22(12-8-18)29(23-13-9-19(10-14-23)26(4,5)6)24-16-20(27(30)31)15-21(28)17-24/h7-17,30-31H,1-6H3. The van der Waals surface area contributed by atoms with E-state index in [4.69, 9.17) is 0 Å². The van der Waals surface area contributed by atoms with Crippen LogP contribution in [-0.4, -0.2) is 17.2 Å². The monoisotopic (exact) mass is 419 g/mol. The third-order valence-electron chi connectivity index (χ3n) is 5.44. The first kappa shape index (κ1) is 23.0. The summed E-state index contributed by atoms with van der Waals surface area (Å²) in [7, 11) is -1.75. The first-order valence-corrected chi connectivity index (χ1v) is 10.5. The van der Waals surface area contributed by atoms with Gasteiger partial charge in [-0.15, -0.1) is 0 Å². The number of halogens is 1. The molecule has 2 N–H and O–H groups in total. The fourth-order valence-corrected chi connectivity index (χ4v) is 3.54. The smallest absolute Gasteiger partial charge is 0.423 e. The molecule has 0 radical (unpaired) electrons. The average Bonchev–Trinajstić information content (AvgIpc) is 2.67. The van der Waals surface area contributed by atoms with Crippen molar-refractivity contribution in [1.29, 1.82) is 0 Å². The molecule has 3 aromatic carbocycles. The third-order valence-corrected chi connectivity index (χ3v) is 5.44. The molecule has 0 fully saturated rings. The highest BCUT2D eigenvalue weighted by atomic mass is 19.1. The summed E-state index contributed by atoms with van der Waals surface area (Å²) in [6.07, 6.45) is 0. The molecule has 3 rings (SSSR count). The summed E-state index contributed by atoms with van der Waals surface area (Å²) in [5.74, 6) is -0.525. The average molecular weight is 419 g/mol. The van der Waals surface area contributed by atoms with Gasteiger partial charge >= 0.3 is 7.12 Å². The lowest BCUT2D eigenvalue weighted by atomic mass is 9.80. The zero-order valence-corrected chi connectivity index (χ0v) is 19.1. The molecule has 162 valence electrons. The van der Waals surface area contributed by atoms with Crippen LogP contribution in [0.4, 0.5) is 21.5 Å². The van der Waals surface area contributed by atoms with E-state index in [0.29, 0.717) is 5.69 Å². The van der Waals surface area contributed by atoms with Gasteiger partial charge in [0.15, 0.2) is 0 Å². The number of hydrogen-bond acceptors (Lipinski definition) is 3. The Labute approximate surface area is 185 Å². The molecule has 0 saturated carbocycles. The summed E-state index contributed by atoms with van der Waals surface area (Å²) in [5, 5.41) is 19.2. The summed E-state index contributed by atoms with van der Waals surface area (Å²) in [5.41, 5.74) is 4.79. The van der Waals surface area contributed by atoms with Gasteiger partial charge < -0.3 is 14.9 Å². The number of benzene rings is 3. The Balaban J connectivity index is 2.15. The van der Waals surface area contributed by atoms with Crippen LogP contribution in [0.2, 0.25) is 0 Å². The van der Waals surface area contributed by atoms with Gasteiger partial charge in [-0.25, -0.2) is 4.39 Å². The molecule has 5 heteroatoms. The Morgan fingerprint density at radius 3 is 1.42 bits per heavy atom. The van der Waals surface area contributed by atoms with E-state index in [1.165, 1.54) is 17.2 Å². The van der Waals surface area contributed by atoms with Gasteiger partial charge in [0.05, 0.1) is 0 Å². The van der Waals surface area contributed by atoms with E-state index < -0.39 is 12.9 Å². The molecule has 0 aliphatic rings. The molecular formula is C26H31BFNO2. The van der Waals surface area contributed by atoms with Gasteiger partial charge in [0.25, 0.3) is 0 Å². The largest absolute Gasteiger partial charge is 0.488 e. The Morgan fingerprint density at radius 1 is 0.645 bits per heavy atom. The first-order chi connectivity index (χ1) is 14.4. The summed E-state index contributed by atoms with van der Waals surface area (Å²) in [6, 6.07) is 20.5. The van der Waals surface area contributed by atoms with Gasteiger partial charge in [0.2, 0.25) is 0 Å². The van der Waals surface area contributed by atoms with Crippen LogP contribution in [0.1, 0.15) is 52.7 Å². The minimum absolute atomic E-state index is 0.0186. The van der Waals surface area contributed by atoms with Crippen molar-refractivity contribution in [2.45, 2.75) is 52.4 Å². The molecule has 3 aromatic rings. The van der Waals surface area contributed by atoms with Crippen molar-refractivity contribution in [3.05, 3.63) is 83.7 Å². The minimum Gasteiger partial charge on any atom is -0.423 e. The molecule has 0 spiro atoms. The summed E-state index contributed by atoms with van der Waals surface area (Å²) < 4.78 is 14.4. The fraction of sp³-hybridized carbons (Fsp3) is 0.308. The van der Waals surface area contributed by atoms with E-state index in [-0.39, 0.29) is 16.3 Å².